The summed E-state index contributed by atoms with van der Waals surface area (Å²) >= 11 is 1.30. The Hall–Kier alpha value is -2.44. The molecule has 28 heavy (non-hydrogen) atoms. The van der Waals surface area contributed by atoms with Crippen LogP contribution in [0.4, 0.5) is 10.1 Å². The number of para-hydroxylation sites is 2. The molecule has 1 heterocycles. The Labute approximate surface area is 168 Å². The number of nitrogens with zero attached hydrogens (tertiary/aromatic N) is 1. The van der Waals surface area contributed by atoms with Crippen LogP contribution in [0.15, 0.2) is 42.5 Å². The lowest BCUT2D eigenvalue weighted by molar-refractivity contribution is 0.102. The number of anilines is 1. The van der Waals surface area contributed by atoms with Gasteiger partial charge in [0.05, 0.1) is 10.6 Å². The molecule has 0 atom stereocenters. The number of ether oxygens (including phenoxy) is 1. The lowest BCUT2D eigenvalue weighted by atomic mass is 10.1. The number of likely N-dealkylation sites (N-methyl/N-ethyl adjacent to an activating group) is 1. The van der Waals surface area contributed by atoms with Crippen LogP contribution in [0, 0.1) is 12.7 Å². The Kier molecular flexibility index (Phi) is 6.65. The lowest BCUT2D eigenvalue weighted by Gasteiger charge is -2.19. The maximum Gasteiger partial charge on any atom is 0.266 e. The largest absolute Gasteiger partial charge is 0.490 e. The molecular weight excluding hydrogens is 375 g/mol. The molecule has 0 radical (unpaired) electrons. The highest BCUT2D eigenvalue weighted by atomic mass is 32.1. The molecule has 1 N–H and O–H groups in total. The van der Waals surface area contributed by atoms with Crippen LogP contribution in [0.25, 0.3) is 10.1 Å². The maximum atomic E-state index is 14.1. The molecule has 1 aromatic heterocycles. The number of fused-ring (bicyclic) bond motifs is 1. The molecule has 0 fully saturated rings. The molecule has 2 aromatic carbocycles. The van der Waals surface area contributed by atoms with Crippen molar-refractivity contribution in [1.29, 1.82) is 0 Å². The standard InChI is InChI=1S/C22H25FN2O2S/c1-4-25(5-2)13-14-27-18-11-7-6-10-17(18)24-22(26)21-15(3)20-16(23)9-8-12-19(20)28-21/h6-12H,4-5,13-14H2,1-3H3,(H,24,26). The normalized spacial score (nSPS) is 11.2. The predicted octanol–water partition coefficient (Wildman–Crippen LogP) is 5.32. The van der Waals surface area contributed by atoms with E-state index in [9.17, 15) is 9.18 Å². The van der Waals surface area contributed by atoms with Gasteiger partial charge >= 0.3 is 0 Å². The summed E-state index contributed by atoms with van der Waals surface area (Å²) in [5.74, 6) is 0.0799. The number of carbonyl (C=O) groups is 1. The fourth-order valence-electron chi connectivity index (χ4n) is 3.17. The molecule has 0 aliphatic heterocycles. The van der Waals surface area contributed by atoms with Crippen LogP contribution in [-0.4, -0.2) is 37.0 Å². The topological polar surface area (TPSA) is 41.6 Å². The van der Waals surface area contributed by atoms with Crippen LogP contribution in [0.3, 0.4) is 0 Å². The van der Waals surface area contributed by atoms with Crippen LogP contribution in [0.2, 0.25) is 0 Å². The van der Waals surface area contributed by atoms with Crippen molar-refractivity contribution in [3.05, 3.63) is 58.7 Å². The Morgan fingerprint density at radius 1 is 1.14 bits per heavy atom. The van der Waals surface area contributed by atoms with E-state index in [0.29, 0.717) is 33.9 Å². The first-order valence-electron chi connectivity index (χ1n) is 9.48. The van der Waals surface area contributed by atoms with Crippen LogP contribution in [-0.2, 0) is 0 Å². The van der Waals surface area contributed by atoms with E-state index in [4.69, 9.17) is 4.74 Å². The molecule has 0 aliphatic carbocycles. The minimum Gasteiger partial charge on any atom is -0.490 e. The highest BCUT2D eigenvalue weighted by molar-refractivity contribution is 7.21. The number of aryl methyl sites for hydroxylation is 1. The molecule has 0 aliphatic rings. The molecule has 148 valence electrons. The predicted molar refractivity (Wildman–Crippen MR) is 114 cm³/mol. The second-order valence-electron chi connectivity index (χ2n) is 6.49. The van der Waals surface area contributed by atoms with Crippen molar-refractivity contribution in [3.8, 4) is 5.75 Å². The van der Waals surface area contributed by atoms with Crippen LogP contribution < -0.4 is 10.1 Å². The minimum absolute atomic E-state index is 0.252. The number of hydrogen-bond acceptors (Lipinski definition) is 4. The second kappa shape index (κ2) is 9.17. The van der Waals surface area contributed by atoms with Gasteiger partial charge in [-0.1, -0.05) is 32.0 Å². The van der Waals surface area contributed by atoms with E-state index in [1.165, 1.54) is 17.4 Å². The number of halogens is 1. The van der Waals surface area contributed by atoms with E-state index in [2.05, 4.69) is 24.1 Å². The van der Waals surface area contributed by atoms with E-state index in [1.54, 1.807) is 13.0 Å². The van der Waals surface area contributed by atoms with E-state index >= 15 is 0 Å². The quantitative estimate of drug-likeness (QED) is 0.556. The third kappa shape index (κ3) is 4.34. The molecule has 0 saturated carbocycles. The van der Waals surface area contributed by atoms with Gasteiger partial charge in [-0.15, -0.1) is 11.3 Å². The Morgan fingerprint density at radius 3 is 2.61 bits per heavy atom. The van der Waals surface area contributed by atoms with Gasteiger partial charge in [0.15, 0.2) is 0 Å². The van der Waals surface area contributed by atoms with Crippen molar-refractivity contribution in [2.75, 3.05) is 31.6 Å². The molecule has 0 unspecified atom stereocenters. The van der Waals surface area contributed by atoms with E-state index < -0.39 is 0 Å². The average Bonchev–Trinajstić information content (AvgIpc) is 3.04. The van der Waals surface area contributed by atoms with Gasteiger partial charge in [-0.05, 0) is 49.8 Å². The summed E-state index contributed by atoms with van der Waals surface area (Å²) in [6, 6.07) is 12.3. The zero-order valence-electron chi connectivity index (χ0n) is 16.4. The Morgan fingerprint density at radius 2 is 1.89 bits per heavy atom. The summed E-state index contributed by atoms with van der Waals surface area (Å²) in [6.07, 6.45) is 0. The third-order valence-electron chi connectivity index (χ3n) is 4.80. The van der Waals surface area contributed by atoms with Gasteiger partial charge < -0.3 is 15.0 Å². The average molecular weight is 401 g/mol. The zero-order chi connectivity index (χ0) is 20.1. The van der Waals surface area contributed by atoms with Crippen molar-refractivity contribution >= 4 is 33.0 Å². The van der Waals surface area contributed by atoms with Crippen LogP contribution in [0.5, 0.6) is 5.75 Å². The van der Waals surface area contributed by atoms with Crippen molar-refractivity contribution in [2.45, 2.75) is 20.8 Å². The van der Waals surface area contributed by atoms with Crippen molar-refractivity contribution in [2.24, 2.45) is 0 Å². The lowest BCUT2D eigenvalue weighted by Crippen LogP contribution is -2.28. The molecule has 3 aromatic rings. The highest BCUT2D eigenvalue weighted by Crippen LogP contribution is 2.33. The van der Waals surface area contributed by atoms with Crippen molar-refractivity contribution < 1.29 is 13.9 Å². The molecular formula is C22H25FN2O2S. The molecule has 0 bridgehead atoms. The summed E-state index contributed by atoms with van der Waals surface area (Å²) in [5, 5.41) is 3.44. The minimum atomic E-state index is -0.301. The number of benzene rings is 2. The van der Waals surface area contributed by atoms with Crippen molar-refractivity contribution in [1.82, 2.24) is 4.90 Å². The van der Waals surface area contributed by atoms with Crippen LogP contribution >= 0.6 is 11.3 Å². The number of carbonyl (C=O) groups excluding carboxylic acids is 1. The summed E-state index contributed by atoms with van der Waals surface area (Å²) in [5.41, 5.74) is 1.28. The van der Waals surface area contributed by atoms with Gasteiger partial charge in [-0.2, -0.15) is 0 Å². The molecule has 0 saturated heterocycles. The SMILES string of the molecule is CCN(CC)CCOc1ccccc1NC(=O)c1sc2cccc(F)c2c1C. The van der Waals surface area contributed by atoms with Gasteiger partial charge in [0.25, 0.3) is 5.91 Å². The Bertz CT molecular complexity index is 966. The summed E-state index contributed by atoms with van der Waals surface area (Å²) in [4.78, 5) is 15.6. The molecule has 1 amide bonds. The molecule has 6 heteroatoms. The number of nitrogens with one attached hydrogen (secondary N) is 1. The Balaban J connectivity index is 1.76. The zero-order valence-corrected chi connectivity index (χ0v) is 17.2. The fraction of sp³-hybridized carbons (Fsp3) is 0.318. The summed E-state index contributed by atoms with van der Waals surface area (Å²) < 4.78 is 20.8. The van der Waals surface area contributed by atoms with Gasteiger partial charge in [0.1, 0.15) is 18.2 Å². The fourth-order valence-corrected chi connectivity index (χ4v) is 4.29. The second-order valence-corrected chi connectivity index (χ2v) is 7.55. The number of rotatable bonds is 8. The first-order chi connectivity index (χ1) is 13.5. The first-order valence-corrected chi connectivity index (χ1v) is 10.3. The van der Waals surface area contributed by atoms with Gasteiger partial charge in [0, 0.05) is 16.6 Å². The smallest absolute Gasteiger partial charge is 0.266 e. The molecule has 3 rings (SSSR count). The first kappa shape index (κ1) is 20.3. The highest BCUT2D eigenvalue weighted by Gasteiger charge is 2.19. The third-order valence-corrected chi connectivity index (χ3v) is 6.06. The van der Waals surface area contributed by atoms with Crippen molar-refractivity contribution in [3.63, 3.8) is 0 Å². The van der Waals surface area contributed by atoms with Gasteiger partial charge in [0.2, 0.25) is 0 Å². The maximum absolute atomic E-state index is 14.1. The number of thiophene rings is 1. The van der Waals surface area contributed by atoms with E-state index in [1.807, 2.05) is 30.3 Å². The summed E-state index contributed by atoms with van der Waals surface area (Å²) in [6.45, 7) is 9.33. The monoisotopic (exact) mass is 400 g/mol. The van der Waals surface area contributed by atoms with Gasteiger partial charge in [-0.3, -0.25) is 4.79 Å². The number of amides is 1. The van der Waals surface area contributed by atoms with Crippen LogP contribution in [0.1, 0.15) is 29.1 Å². The summed E-state index contributed by atoms with van der Waals surface area (Å²) in [7, 11) is 0. The van der Waals surface area contributed by atoms with E-state index in [0.717, 1.165) is 24.3 Å². The molecule has 4 nitrogen and oxygen atoms in total. The van der Waals surface area contributed by atoms with Gasteiger partial charge in [-0.25, -0.2) is 4.39 Å². The number of hydrogen-bond donors (Lipinski definition) is 1. The van der Waals surface area contributed by atoms with E-state index in [-0.39, 0.29) is 11.7 Å². The molecule has 0 spiro atoms.